The first kappa shape index (κ1) is 18.3. The highest BCUT2D eigenvalue weighted by atomic mass is 19.1. The van der Waals surface area contributed by atoms with Gasteiger partial charge in [-0.05, 0) is 30.3 Å². The van der Waals surface area contributed by atoms with Crippen molar-refractivity contribution in [3.05, 3.63) is 89.5 Å². The monoisotopic (exact) mass is 406 g/mol. The van der Waals surface area contributed by atoms with Crippen LogP contribution >= 0.6 is 0 Å². The SMILES string of the molecule is OC(c1cc(F)c(OCc2nc3ccccc3[nH]2)cc1F)c1c[nH]c2ncccc12. The van der Waals surface area contributed by atoms with E-state index in [2.05, 4.69) is 19.9 Å². The number of ether oxygens (including phenoxy) is 1. The molecule has 0 aliphatic carbocycles. The molecule has 30 heavy (non-hydrogen) atoms. The van der Waals surface area contributed by atoms with E-state index >= 15 is 0 Å². The molecule has 8 heteroatoms. The van der Waals surface area contributed by atoms with Gasteiger partial charge in [0.1, 0.15) is 30.0 Å². The highest BCUT2D eigenvalue weighted by Crippen LogP contribution is 2.32. The van der Waals surface area contributed by atoms with Gasteiger partial charge in [-0.1, -0.05) is 12.1 Å². The Balaban J connectivity index is 1.40. The molecule has 3 N–H and O–H groups in total. The summed E-state index contributed by atoms with van der Waals surface area (Å²) in [5, 5.41) is 11.3. The molecule has 0 saturated heterocycles. The molecule has 1 atom stereocenters. The van der Waals surface area contributed by atoms with Gasteiger partial charge in [0, 0.05) is 35.0 Å². The number of aliphatic hydroxyl groups excluding tert-OH is 1. The molecule has 0 aliphatic rings. The van der Waals surface area contributed by atoms with Gasteiger partial charge in [0.05, 0.1) is 11.0 Å². The number of pyridine rings is 1. The Kier molecular flexibility index (Phi) is 4.40. The van der Waals surface area contributed by atoms with Gasteiger partial charge in [-0.2, -0.15) is 0 Å². The smallest absolute Gasteiger partial charge is 0.165 e. The Hall–Kier alpha value is -3.78. The number of nitrogens with one attached hydrogen (secondary N) is 2. The van der Waals surface area contributed by atoms with E-state index in [1.54, 1.807) is 18.3 Å². The summed E-state index contributed by atoms with van der Waals surface area (Å²) in [7, 11) is 0. The quantitative estimate of drug-likeness (QED) is 0.404. The van der Waals surface area contributed by atoms with Gasteiger partial charge in [-0.25, -0.2) is 18.7 Å². The first-order chi connectivity index (χ1) is 14.6. The standard InChI is InChI=1S/C22H16F2N4O2/c23-15-9-19(30-11-20-27-17-5-1-2-6-18(17)28-20)16(24)8-13(15)21(29)14-10-26-22-12(14)4-3-7-25-22/h1-10,21,29H,11H2,(H,25,26)(H,27,28). The van der Waals surface area contributed by atoms with Crippen LogP contribution in [0.5, 0.6) is 5.75 Å². The molecular formula is C22H16F2N4O2. The number of rotatable bonds is 5. The zero-order valence-corrected chi connectivity index (χ0v) is 15.6. The lowest BCUT2D eigenvalue weighted by Gasteiger charge is -2.14. The summed E-state index contributed by atoms with van der Waals surface area (Å²) >= 11 is 0. The number of fused-ring (bicyclic) bond motifs is 2. The van der Waals surface area contributed by atoms with Crippen LogP contribution in [0.3, 0.4) is 0 Å². The Morgan fingerprint density at radius 3 is 2.77 bits per heavy atom. The van der Waals surface area contributed by atoms with E-state index in [1.807, 2.05) is 24.3 Å². The molecule has 0 fully saturated rings. The van der Waals surface area contributed by atoms with Crippen molar-refractivity contribution in [2.24, 2.45) is 0 Å². The van der Waals surface area contributed by atoms with Crippen molar-refractivity contribution in [1.29, 1.82) is 0 Å². The Morgan fingerprint density at radius 1 is 1.03 bits per heavy atom. The average Bonchev–Trinajstić information content (AvgIpc) is 3.37. The molecule has 0 saturated carbocycles. The molecule has 0 aliphatic heterocycles. The lowest BCUT2D eigenvalue weighted by atomic mass is 10.0. The maximum absolute atomic E-state index is 14.7. The molecule has 2 aromatic carbocycles. The predicted octanol–water partition coefficient (Wildman–Crippen LogP) is 4.38. The largest absolute Gasteiger partial charge is 0.483 e. The van der Waals surface area contributed by atoms with Crippen LogP contribution in [0.2, 0.25) is 0 Å². The van der Waals surface area contributed by atoms with E-state index in [9.17, 15) is 13.9 Å². The summed E-state index contributed by atoms with van der Waals surface area (Å²) in [5.74, 6) is -1.32. The van der Waals surface area contributed by atoms with Crippen LogP contribution in [0.15, 0.2) is 60.9 Å². The highest BCUT2D eigenvalue weighted by molar-refractivity contribution is 5.80. The van der Waals surface area contributed by atoms with E-state index < -0.39 is 17.7 Å². The number of H-pyrrole nitrogens is 2. The minimum atomic E-state index is -1.36. The zero-order chi connectivity index (χ0) is 20.7. The molecule has 5 rings (SSSR count). The van der Waals surface area contributed by atoms with Crippen LogP contribution < -0.4 is 4.74 Å². The molecule has 150 valence electrons. The summed E-state index contributed by atoms with van der Waals surface area (Å²) in [6, 6.07) is 12.8. The van der Waals surface area contributed by atoms with E-state index in [1.165, 1.54) is 6.20 Å². The van der Waals surface area contributed by atoms with Crippen molar-refractivity contribution in [2.45, 2.75) is 12.7 Å². The van der Waals surface area contributed by atoms with Crippen molar-refractivity contribution >= 4 is 22.1 Å². The lowest BCUT2D eigenvalue weighted by molar-refractivity contribution is 0.214. The van der Waals surface area contributed by atoms with Gasteiger partial charge in [-0.15, -0.1) is 0 Å². The summed E-state index contributed by atoms with van der Waals surface area (Å²) < 4.78 is 34.7. The van der Waals surface area contributed by atoms with Crippen molar-refractivity contribution in [3.8, 4) is 5.75 Å². The Morgan fingerprint density at radius 2 is 1.90 bits per heavy atom. The number of hydrogen-bond donors (Lipinski definition) is 3. The second-order valence-corrected chi connectivity index (χ2v) is 6.84. The molecule has 5 aromatic rings. The number of imidazole rings is 1. The number of aromatic amines is 2. The lowest BCUT2D eigenvalue weighted by Crippen LogP contribution is -2.05. The molecule has 3 heterocycles. The third kappa shape index (κ3) is 3.17. The van der Waals surface area contributed by atoms with Crippen LogP contribution in [0.4, 0.5) is 8.78 Å². The van der Waals surface area contributed by atoms with E-state index in [4.69, 9.17) is 4.74 Å². The first-order valence-corrected chi connectivity index (χ1v) is 9.25. The van der Waals surface area contributed by atoms with Gasteiger partial charge < -0.3 is 19.8 Å². The second-order valence-electron chi connectivity index (χ2n) is 6.84. The van der Waals surface area contributed by atoms with Gasteiger partial charge in [0.25, 0.3) is 0 Å². The number of aromatic nitrogens is 4. The fourth-order valence-corrected chi connectivity index (χ4v) is 3.46. The van der Waals surface area contributed by atoms with Gasteiger partial charge in [-0.3, -0.25) is 0 Å². The summed E-state index contributed by atoms with van der Waals surface area (Å²) in [5.41, 5.74) is 2.36. The summed E-state index contributed by atoms with van der Waals surface area (Å²) in [4.78, 5) is 14.5. The van der Waals surface area contributed by atoms with Crippen molar-refractivity contribution in [1.82, 2.24) is 19.9 Å². The number of hydrogen-bond acceptors (Lipinski definition) is 4. The fraction of sp³-hybridized carbons (Fsp3) is 0.0909. The fourth-order valence-electron chi connectivity index (χ4n) is 3.46. The molecule has 0 bridgehead atoms. The number of nitrogens with zero attached hydrogens (tertiary/aromatic N) is 2. The number of aliphatic hydroxyl groups is 1. The van der Waals surface area contributed by atoms with Gasteiger partial charge in [0.15, 0.2) is 11.6 Å². The molecule has 1 unspecified atom stereocenters. The first-order valence-electron chi connectivity index (χ1n) is 9.25. The molecule has 3 aromatic heterocycles. The number of halogens is 2. The summed E-state index contributed by atoms with van der Waals surface area (Å²) in [6.07, 6.45) is 1.77. The van der Waals surface area contributed by atoms with Gasteiger partial charge in [0.2, 0.25) is 0 Å². The van der Waals surface area contributed by atoms with Crippen LogP contribution in [-0.2, 0) is 6.61 Å². The van der Waals surface area contributed by atoms with Crippen molar-refractivity contribution < 1.29 is 18.6 Å². The second kappa shape index (κ2) is 7.23. The highest BCUT2D eigenvalue weighted by Gasteiger charge is 2.22. The number of benzene rings is 2. The van der Waals surface area contributed by atoms with Gasteiger partial charge >= 0.3 is 0 Å². The Labute approximate surface area is 169 Å². The van der Waals surface area contributed by atoms with Crippen molar-refractivity contribution in [3.63, 3.8) is 0 Å². The van der Waals surface area contributed by atoms with Crippen LogP contribution in [-0.4, -0.2) is 25.0 Å². The molecule has 0 amide bonds. The topological polar surface area (TPSA) is 86.8 Å². The predicted molar refractivity (Wildman–Crippen MR) is 107 cm³/mol. The molecule has 6 nitrogen and oxygen atoms in total. The van der Waals surface area contributed by atoms with E-state index in [-0.39, 0.29) is 17.9 Å². The van der Waals surface area contributed by atoms with Crippen LogP contribution in [0.1, 0.15) is 23.1 Å². The maximum atomic E-state index is 14.7. The van der Waals surface area contributed by atoms with E-state index in [0.29, 0.717) is 22.4 Å². The maximum Gasteiger partial charge on any atom is 0.165 e. The normalized spacial score (nSPS) is 12.5. The van der Waals surface area contributed by atoms with E-state index in [0.717, 1.165) is 23.2 Å². The number of para-hydroxylation sites is 2. The average molecular weight is 406 g/mol. The molecule has 0 radical (unpaired) electrons. The molecule has 0 spiro atoms. The Bertz CT molecular complexity index is 1330. The minimum absolute atomic E-state index is 0.0545. The zero-order valence-electron chi connectivity index (χ0n) is 15.6. The third-order valence-electron chi connectivity index (χ3n) is 4.93. The van der Waals surface area contributed by atoms with Crippen molar-refractivity contribution in [2.75, 3.05) is 0 Å². The minimum Gasteiger partial charge on any atom is -0.483 e. The molecular weight excluding hydrogens is 390 g/mol. The van der Waals surface area contributed by atoms with Crippen LogP contribution in [0.25, 0.3) is 22.1 Å². The summed E-state index contributed by atoms with van der Waals surface area (Å²) in [6.45, 7) is -0.0545. The van der Waals surface area contributed by atoms with Crippen LogP contribution in [0, 0.1) is 11.6 Å². The third-order valence-corrected chi connectivity index (χ3v) is 4.93.